The first-order chi connectivity index (χ1) is 24.5. The Morgan fingerprint density at radius 2 is 1.53 bits per heavy atom. The highest BCUT2D eigenvalue weighted by molar-refractivity contribution is 5.95. The molecule has 0 bridgehead atoms. The molecule has 2 amide bonds. The number of hydrogen-bond donors (Lipinski definition) is 4. The number of nitrogens with one attached hydrogen (secondary N) is 2. The van der Waals surface area contributed by atoms with Gasteiger partial charge in [0.1, 0.15) is 24.2 Å². The molecule has 1 aromatic carbocycles. The third kappa shape index (κ3) is 18.6. The van der Waals surface area contributed by atoms with Gasteiger partial charge in [-0.1, -0.05) is 89.0 Å². The van der Waals surface area contributed by atoms with Crippen LogP contribution in [0.15, 0.2) is 36.4 Å². The summed E-state index contributed by atoms with van der Waals surface area (Å²) in [6, 6.07) is 5.61. The summed E-state index contributed by atoms with van der Waals surface area (Å²) in [5, 5.41) is 26.8. The van der Waals surface area contributed by atoms with Gasteiger partial charge in [0.2, 0.25) is 11.8 Å². The van der Waals surface area contributed by atoms with Crippen LogP contribution in [-0.2, 0) is 35.1 Å². The standard InChI is InChI=1S/C40H60N2O9/c1-5-8-11-14-17-20-32(43)21-18-15-12-13-16-19-22-34(40(49,39(47)48)30-36(44)41-27-9-6-2)37(45)42-35(38(46)50-4)29-31-23-25-33(26-24-31)51-28-10-7-3/h19,22-26,34-35,49H,5-6,8-9,11-18,20-21,27-30H2,1-4H3,(H,41,44)(H,42,45)(H,47,48)/t34-,35+,40+/m1/s1. The minimum atomic E-state index is -2.80. The van der Waals surface area contributed by atoms with Crippen molar-refractivity contribution >= 4 is 29.5 Å². The van der Waals surface area contributed by atoms with E-state index in [1.807, 2.05) is 6.92 Å². The first-order valence-corrected chi connectivity index (χ1v) is 18.4. The average Bonchev–Trinajstić information content (AvgIpc) is 3.10. The lowest BCUT2D eigenvalue weighted by Gasteiger charge is -2.30. The number of carbonyl (C=O) groups is 5. The number of benzene rings is 1. The van der Waals surface area contributed by atoms with E-state index in [4.69, 9.17) is 9.47 Å². The molecule has 284 valence electrons. The number of methoxy groups -OCH3 is 1. The molecule has 1 aromatic rings. The molecule has 0 fully saturated rings. The lowest BCUT2D eigenvalue weighted by molar-refractivity contribution is -0.169. The van der Waals surface area contributed by atoms with E-state index >= 15 is 0 Å². The van der Waals surface area contributed by atoms with Gasteiger partial charge < -0.3 is 30.3 Å². The van der Waals surface area contributed by atoms with E-state index in [1.54, 1.807) is 37.3 Å². The van der Waals surface area contributed by atoms with Crippen molar-refractivity contribution in [1.29, 1.82) is 0 Å². The molecule has 0 spiro atoms. The zero-order valence-corrected chi connectivity index (χ0v) is 31.1. The van der Waals surface area contributed by atoms with Crippen LogP contribution in [0.25, 0.3) is 0 Å². The quantitative estimate of drug-likeness (QED) is 0.0360. The Labute approximate surface area is 304 Å². The minimum absolute atomic E-state index is 0.00819. The number of amides is 2. The van der Waals surface area contributed by atoms with Crippen molar-refractivity contribution in [2.45, 2.75) is 135 Å². The Kier molecular flexibility index (Phi) is 23.4. The molecule has 0 radical (unpaired) electrons. The Morgan fingerprint density at radius 3 is 2.12 bits per heavy atom. The van der Waals surface area contributed by atoms with Crippen molar-refractivity contribution in [3.8, 4) is 17.6 Å². The first kappa shape index (κ1) is 44.9. The molecule has 0 aliphatic carbocycles. The molecule has 0 saturated heterocycles. The molecular formula is C40H60N2O9. The van der Waals surface area contributed by atoms with Crippen molar-refractivity contribution in [2.75, 3.05) is 20.3 Å². The summed E-state index contributed by atoms with van der Waals surface area (Å²) in [6.07, 6.45) is 14.0. The molecule has 1 rings (SSSR count). The Morgan fingerprint density at radius 1 is 0.902 bits per heavy atom. The highest BCUT2D eigenvalue weighted by atomic mass is 16.5. The van der Waals surface area contributed by atoms with Gasteiger partial charge in [0.05, 0.1) is 19.4 Å². The number of aliphatic carboxylic acids is 1. The van der Waals surface area contributed by atoms with Gasteiger partial charge in [-0.2, -0.15) is 0 Å². The lowest BCUT2D eigenvalue weighted by Crippen LogP contribution is -2.56. The third-order valence-electron chi connectivity index (χ3n) is 8.57. The number of rotatable bonds is 28. The van der Waals surface area contributed by atoms with E-state index in [9.17, 15) is 34.2 Å². The van der Waals surface area contributed by atoms with Gasteiger partial charge in [0.25, 0.3) is 0 Å². The number of ketones is 1. The predicted octanol–water partition coefficient (Wildman–Crippen LogP) is 5.85. The van der Waals surface area contributed by atoms with E-state index < -0.39 is 47.7 Å². The van der Waals surface area contributed by atoms with Gasteiger partial charge in [-0.05, 0) is 56.7 Å². The maximum Gasteiger partial charge on any atom is 0.337 e. The van der Waals surface area contributed by atoms with Gasteiger partial charge in [-0.25, -0.2) is 9.59 Å². The van der Waals surface area contributed by atoms with Gasteiger partial charge in [0.15, 0.2) is 5.60 Å². The van der Waals surface area contributed by atoms with E-state index in [0.29, 0.717) is 55.7 Å². The molecule has 0 saturated carbocycles. The zero-order valence-electron chi connectivity index (χ0n) is 31.1. The summed E-state index contributed by atoms with van der Waals surface area (Å²) >= 11 is 0. The molecule has 0 aliphatic heterocycles. The van der Waals surface area contributed by atoms with Gasteiger partial charge >= 0.3 is 11.9 Å². The highest BCUT2D eigenvalue weighted by Crippen LogP contribution is 2.26. The van der Waals surface area contributed by atoms with Crippen LogP contribution in [0.4, 0.5) is 0 Å². The molecule has 0 heterocycles. The van der Waals surface area contributed by atoms with Crippen molar-refractivity contribution in [3.63, 3.8) is 0 Å². The monoisotopic (exact) mass is 712 g/mol. The first-order valence-electron chi connectivity index (χ1n) is 18.4. The number of unbranched alkanes of at least 4 members (excludes halogenated alkanes) is 9. The molecule has 0 aromatic heterocycles. The molecular weight excluding hydrogens is 652 g/mol. The number of carboxylic acids is 1. The fraction of sp³-hybridized carbons (Fsp3) is 0.625. The van der Waals surface area contributed by atoms with Crippen LogP contribution in [0.3, 0.4) is 0 Å². The number of Topliss-reactive ketones (excluding diaryl/α,β-unsaturated/α-hetero) is 1. The lowest BCUT2D eigenvalue weighted by atomic mass is 9.82. The van der Waals surface area contributed by atoms with Crippen LogP contribution in [-0.4, -0.2) is 71.7 Å². The fourth-order valence-corrected chi connectivity index (χ4v) is 5.46. The minimum Gasteiger partial charge on any atom is -0.481 e. The normalized spacial score (nSPS) is 13.3. The van der Waals surface area contributed by atoms with Crippen molar-refractivity contribution in [1.82, 2.24) is 10.6 Å². The second kappa shape index (κ2) is 26.6. The largest absolute Gasteiger partial charge is 0.481 e. The summed E-state index contributed by atoms with van der Waals surface area (Å²) in [6.45, 7) is 6.32. The van der Waals surface area contributed by atoms with E-state index in [1.165, 1.54) is 32.4 Å². The Bertz CT molecular complexity index is 1300. The summed E-state index contributed by atoms with van der Waals surface area (Å²) < 4.78 is 10.5. The van der Waals surface area contributed by atoms with E-state index in [2.05, 4.69) is 29.4 Å². The predicted molar refractivity (Wildman–Crippen MR) is 197 cm³/mol. The van der Waals surface area contributed by atoms with Crippen LogP contribution in [0.2, 0.25) is 0 Å². The second-order valence-corrected chi connectivity index (χ2v) is 12.8. The second-order valence-electron chi connectivity index (χ2n) is 12.8. The molecule has 0 unspecified atom stereocenters. The topological polar surface area (TPSA) is 168 Å². The number of carbonyl (C=O) groups excluding carboxylic acids is 4. The van der Waals surface area contributed by atoms with Crippen LogP contribution in [0.1, 0.15) is 123 Å². The number of ether oxygens (including phenoxy) is 2. The van der Waals surface area contributed by atoms with Crippen molar-refractivity contribution in [2.24, 2.45) is 5.92 Å². The van der Waals surface area contributed by atoms with E-state index in [-0.39, 0.29) is 13.0 Å². The highest BCUT2D eigenvalue weighted by Gasteiger charge is 2.49. The molecule has 11 heteroatoms. The zero-order chi connectivity index (χ0) is 37.9. The number of hydrogen-bond acceptors (Lipinski definition) is 8. The molecule has 4 N–H and O–H groups in total. The average molecular weight is 713 g/mol. The summed E-state index contributed by atoms with van der Waals surface area (Å²) in [5.41, 5.74) is -2.14. The SMILES string of the molecule is CC#CCOc1ccc(C[C@H](NC(=O)[C@@H](C=CCCCCCCC(=O)CCCCCCC)[C@@](O)(CC(=O)NCCCC)C(=O)O)C(=O)OC)cc1. The van der Waals surface area contributed by atoms with Gasteiger partial charge in [0, 0.05) is 25.8 Å². The van der Waals surface area contributed by atoms with E-state index in [0.717, 1.165) is 38.5 Å². The third-order valence-corrected chi connectivity index (χ3v) is 8.57. The summed E-state index contributed by atoms with van der Waals surface area (Å²) in [5.74, 6) is 0.522. The summed E-state index contributed by atoms with van der Waals surface area (Å²) in [4.78, 5) is 63.9. The molecule has 51 heavy (non-hydrogen) atoms. The molecule has 11 nitrogen and oxygen atoms in total. The van der Waals surface area contributed by atoms with Crippen molar-refractivity contribution in [3.05, 3.63) is 42.0 Å². The fourth-order valence-electron chi connectivity index (χ4n) is 5.46. The number of allylic oxidation sites excluding steroid dienone is 1. The van der Waals surface area contributed by atoms with Gasteiger partial charge in [-0.15, -0.1) is 5.92 Å². The number of carboxylic acid groups (broad SMARTS) is 1. The molecule has 0 aliphatic rings. The Balaban J connectivity index is 3.02. The van der Waals surface area contributed by atoms with Crippen molar-refractivity contribution < 1.29 is 43.7 Å². The number of esters is 1. The smallest absolute Gasteiger partial charge is 0.337 e. The van der Waals surface area contributed by atoms with Crippen LogP contribution in [0, 0.1) is 17.8 Å². The van der Waals surface area contributed by atoms with Crippen LogP contribution >= 0.6 is 0 Å². The Hall–Kier alpha value is -4.17. The van der Waals surface area contributed by atoms with Crippen LogP contribution in [0.5, 0.6) is 5.75 Å². The van der Waals surface area contributed by atoms with Gasteiger partial charge in [-0.3, -0.25) is 14.4 Å². The van der Waals surface area contributed by atoms with Crippen LogP contribution < -0.4 is 15.4 Å². The maximum atomic E-state index is 13.8. The maximum absolute atomic E-state index is 13.8. The molecule has 3 atom stereocenters. The summed E-state index contributed by atoms with van der Waals surface area (Å²) in [7, 11) is 1.17. The number of aliphatic hydroxyl groups is 1.